The minimum absolute atomic E-state index is 0.0886. The summed E-state index contributed by atoms with van der Waals surface area (Å²) >= 11 is 0. The van der Waals surface area contributed by atoms with Crippen LogP contribution in [0.25, 0.3) is 0 Å². The van der Waals surface area contributed by atoms with Gasteiger partial charge in [-0.15, -0.1) is 0 Å². The topological polar surface area (TPSA) is 38.8 Å². The molecule has 0 radical (unpaired) electrons. The van der Waals surface area contributed by atoms with Gasteiger partial charge in [-0.05, 0) is 18.1 Å². The molecule has 3 atom stereocenters. The Labute approximate surface area is 166 Å². The smallest absolute Gasteiger partial charge is 0.321 e. The van der Waals surface area contributed by atoms with Crippen molar-refractivity contribution < 1.29 is 18.8 Å². The molecule has 2 fully saturated rings. The molecule has 0 N–H and O–H groups in total. The number of ether oxygens (including phenoxy) is 2. The van der Waals surface area contributed by atoms with Crippen LogP contribution in [0.4, 0.5) is 0 Å². The van der Waals surface area contributed by atoms with Crippen molar-refractivity contribution in [2.24, 2.45) is 0 Å². The van der Waals surface area contributed by atoms with Crippen molar-refractivity contribution in [2.75, 3.05) is 14.1 Å². The van der Waals surface area contributed by atoms with Crippen LogP contribution in [0.5, 0.6) is 0 Å². The molecule has 2 aromatic rings. The van der Waals surface area contributed by atoms with E-state index in [-0.39, 0.29) is 18.2 Å². The van der Waals surface area contributed by atoms with Gasteiger partial charge in [-0.2, -0.15) is 0 Å². The third kappa shape index (κ3) is 2.44. The molecule has 2 saturated heterocycles. The largest absolute Gasteiger partial charge is 0.470 e. The van der Waals surface area contributed by atoms with Gasteiger partial charge in [0.05, 0.1) is 20.5 Å². The van der Waals surface area contributed by atoms with Crippen molar-refractivity contribution in [1.29, 1.82) is 0 Å². The summed E-state index contributed by atoms with van der Waals surface area (Å²) in [4.78, 5) is 13.5. The number of likely N-dealkylation sites (N-methyl/N-ethyl adjacent to an activating group) is 1. The van der Waals surface area contributed by atoms with Gasteiger partial charge in [-0.3, -0.25) is 9.28 Å². The molecule has 0 spiro atoms. The molecule has 0 aromatic heterocycles. The van der Waals surface area contributed by atoms with Gasteiger partial charge in [0.2, 0.25) is 11.9 Å². The third-order valence-corrected chi connectivity index (χ3v) is 6.92. The molecule has 2 bridgehead atoms. The lowest BCUT2D eigenvalue weighted by Gasteiger charge is -2.42. The van der Waals surface area contributed by atoms with E-state index in [2.05, 4.69) is 14.1 Å². The number of piperidine rings is 1. The second-order valence-corrected chi connectivity index (χ2v) is 8.78. The van der Waals surface area contributed by atoms with Crippen LogP contribution in [-0.2, 0) is 19.7 Å². The van der Waals surface area contributed by atoms with E-state index < -0.39 is 5.41 Å². The summed E-state index contributed by atoms with van der Waals surface area (Å²) in [6, 6.07) is 20.2. The first-order chi connectivity index (χ1) is 13.4. The highest BCUT2D eigenvalue weighted by atomic mass is 16.6. The quantitative estimate of drug-likeness (QED) is 0.463. The van der Waals surface area contributed by atoms with Gasteiger partial charge in [0.1, 0.15) is 17.6 Å². The van der Waals surface area contributed by atoms with E-state index >= 15 is 0 Å². The maximum Gasteiger partial charge on any atom is 0.321 e. The van der Waals surface area contributed by atoms with Crippen molar-refractivity contribution in [3.8, 4) is 0 Å². The molecular formula is C24H26NO3+. The van der Waals surface area contributed by atoms with Gasteiger partial charge in [0.15, 0.2) is 5.70 Å². The number of carbonyl (C=O) groups excluding carboxylic acids is 1. The standard InChI is InChI=1S/C24H26NO3/c1-24(16-10-6-4-7-11-16,17-12-8-5-9-13-17)23(26)27-18-14-19-21-22(28-21)20(15-18)25(19,2)3/h4-13,18-19,21H,14-15H2,1-3H3/q+1/t18-,19?,21?/m0/s1. The zero-order chi connectivity index (χ0) is 19.5. The van der Waals surface area contributed by atoms with Gasteiger partial charge in [-0.25, -0.2) is 0 Å². The summed E-state index contributed by atoms with van der Waals surface area (Å²) < 4.78 is 12.8. The Morgan fingerprint density at radius 2 is 1.61 bits per heavy atom. The first kappa shape index (κ1) is 17.5. The number of quaternary nitrogens is 1. The van der Waals surface area contributed by atoms with Crippen molar-refractivity contribution in [1.82, 2.24) is 0 Å². The number of hydrogen-bond donors (Lipinski definition) is 0. The lowest BCUT2D eigenvalue weighted by atomic mass is 9.76. The van der Waals surface area contributed by atoms with Gasteiger partial charge in [-0.1, -0.05) is 60.7 Å². The molecule has 0 aliphatic carbocycles. The van der Waals surface area contributed by atoms with E-state index in [0.717, 1.165) is 34.2 Å². The summed E-state index contributed by atoms with van der Waals surface area (Å²) in [5.41, 5.74) is 2.37. The van der Waals surface area contributed by atoms with Crippen LogP contribution in [0.1, 0.15) is 30.9 Å². The van der Waals surface area contributed by atoms with Gasteiger partial charge >= 0.3 is 5.97 Å². The van der Waals surface area contributed by atoms with Gasteiger partial charge in [0.25, 0.3) is 0 Å². The lowest BCUT2D eigenvalue weighted by Crippen LogP contribution is -2.54. The molecule has 4 heteroatoms. The molecule has 28 heavy (non-hydrogen) atoms. The average molecular weight is 376 g/mol. The molecule has 5 rings (SSSR count). The van der Waals surface area contributed by atoms with E-state index in [4.69, 9.17) is 9.47 Å². The summed E-state index contributed by atoms with van der Waals surface area (Å²) in [6.07, 6.45) is 1.76. The van der Waals surface area contributed by atoms with Gasteiger partial charge < -0.3 is 9.47 Å². The normalized spacial score (nSPS) is 27.0. The first-order valence-electron chi connectivity index (χ1n) is 9.98. The fourth-order valence-corrected chi connectivity index (χ4v) is 5.01. The van der Waals surface area contributed by atoms with Crippen molar-refractivity contribution in [2.45, 2.75) is 43.4 Å². The maximum absolute atomic E-state index is 13.5. The highest BCUT2D eigenvalue weighted by Gasteiger charge is 2.65. The van der Waals surface area contributed by atoms with E-state index in [0.29, 0.717) is 6.04 Å². The molecule has 3 heterocycles. The number of fused-ring (bicyclic) bond motifs is 4. The van der Waals surface area contributed by atoms with Crippen LogP contribution >= 0.6 is 0 Å². The SMILES string of the molecule is CC(C(=O)O[C@@H]1CC2=C3OC3C(C1)[N+]2(C)C)(c1ccccc1)c1ccccc1. The van der Waals surface area contributed by atoms with Crippen LogP contribution in [0, 0.1) is 0 Å². The summed E-state index contributed by atoms with van der Waals surface area (Å²) in [7, 11) is 4.47. The Morgan fingerprint density at radius 3 is 2.14 bits per heavy atom. The molecular weight excluding hydrogens is 350 g/mol. The molecule has 3 aliphatic heterocycles. The average Bonchev–Trinajstić information content (AvgIpc) is 3.47. The van der Waals surface area contributed by atoms with Gasteiger partial charge in [0, 0.05) is 6.42 Å². The van der Waals surface area contributed by atoms with Crippen LogP contribution in [0.15, 0.2) is 72.1 Å². The lowest BCUT2D eigenvalue weighted by molar-refractivity contribution is -0.882. The Hall–Kier alpha value is -2.59. The number of rotatable bonds is 4. The zero-order valence-corrected chi connectivity index (χ0v) is 16.6. The first-order valence-corrected chi connectivity index (χ1v) is 9.98. The highest BCUT2D eigenvalue weighted by Crippen LogP contribution is 2.53. The summed E-state index contributed by atoms with van der Waals surface area (Å²) in [6.45, 7) is 1.97. The molecule has 4 nitrogen and oxygen atoms in total. The van der Waals surface area contributed by atoms with Crippen molar-refractivity contribution in [3.05, 3.63) is 83.2 Å². The highest BCUT2D eigenvalue weighted by molar-refractivity contribution is 5.87. The van der Waals surface area contributed by atoms with E-state index in [9.17, 15) is 4.79 Å². The fourth-order valence-electron chi connectivity index (χ4n) is 5.01. The fraction of sp³-hybridized carbons (Fsp3) is 0.375. The maximum atomic E-state index is 13.5. The predicted molar refractivity (Wildman–Crippen MR) is 106 cm³/mol. The van der Waals surface area contributed by atoms with Crippen LogP contribution in [0.3, 0.4) is 0 Å². The van der Waals surface area contributed by atoms with Crippen LogP contribution in [-0.4, -0.2) is 42.8 Å². The van der Waals surface area contributed by atoms with E-state index in [1.54, 1.807) is 0 Å². The monoisotopic (exact) mass is 376 g/mol. The van der Waals surface area contributed by atoms with E-state index in [1.807, 2.05) is 67.6 Å². The Bertz CT molecular complexity index is 909. The Kier molecular flexibility index (Phi) is 3.72. The number of epoxide rings is 1. The Morgan fingerprint density at radius 1 is 1.04 bits per heavy atom. The number of hydrogen-bond acceptors (Lipinski definition) is 3. The number of esters is 1. The minimum atomic E-state index is -0.833. The van der Waals surface area contributed by atoms with Crippen LogP contribution < -0.4 is 0 Å². The molecule has 3 aliphatic rings. The molecule has 0 amide bonds. The summed E-state index contributed by atoms with van der Waals surface area (Å²) in [5.74, 6) is 0.962. The van der Waals surface area contributed by atoms with Crippen molar-refractivity contribution >= 4 is 5.97 Å². The molecule has 2 aromatic carbocycles. The molecule has 0 saturated carbocycles. The van der Waals surface area contributed by atoms with Crippen LogP contribution in [0.2, 0.25) is 0 Å². The summed E-state index contributed by atoms with van der Waals surface area (Å²) in [5, 5.41) is 0. The third-order valence-electron chi connectivity index (χ3n) is 6.92. The van der Waals surface area contributed by atoms with Crippen molar-refractivity contribution in [3.63, 3.8) is 0 Å². The second-order valence-electron chi connectivity index (χ2n) is 8.78. The molecule has 2 unspecified atom stereocenters. The predicted octanol–water partition coefficient (Wildman–Crippen LogP) is 3.77. The Balaban J connectivity index is 1.44. The number of nitrogens with zero attached hydrogens (tertiary/aromatic N) is 1. The minimum Gasteiger partial charge on any atom is -0.470 e. The zero-order valence-electron chi connectivity index (χ0n) is 16.6. The number of carbonyl (C=O) groups is 1. The molecule has 144 valence electrons. The number of benzene rings is 2. The van der Waals surface area contributed by atoms with E-state index in [1.165, 1.54) is 5.70 Å². The second kappa shape index (κ2) is 5.95.